The maximum atomic E-state index is 12.8. The molecule has 2 nitrogen and oxygen atoms in total. The number of hydrogen-bond donors (Lipinski definition) is 1. The molecule has 0 aliphatic rings. The number of rotatable bonds is 3. The van der Waals surface area contributed by atoms with Gasteiger partial charge in [-0.2, -0.15) is 26.3 Å². The van der Waals surface area contributed by atoms with Crippen LogP contribution in [0.25, 0.3) is 0 Å². The molecule has 1 unspecified atom stereocenters. The summed E-state index contributed by atoms with van der Waals surface area (Å²) in [6.45, 7) is 6.27. The highest BCUT2D eigenvalue weighted by atomic mass is 32.2. The maximum Gasteiger partial charge on any atom is 0.416 e. The van der Waals surface area contributed by atoms with Gasteiger partial charge in [-0.05, 0) is 51.5 Å². The van der Waals surface area contributed by atoms with E-state index < -0.39 is 45.6 Å². The topological polar surface area (TPSA) is 35.1 Å². The molecule has 1 aromatic carbocycles. The summed E-state index contributed by atoms with van der Waals surface area (Å²) in [6, 6.07) is 0.384. The van der Waals surface area contributed by atoms with E-state index >= 15 is 0 Å². The average Bonchev–Trinajstić information content (AvgIpc) is 2.34. The smallest absolute Gasteiger partial charge is 0.416 e. The van der Waals surface area contributed by atoms with E-state index in [1.165, 1.54) is 6.92 Å². The van der Waals surface area contributed by atoms with Gasteiger partial charge in [0.15, 0.2) is 0 Å². The second kappa shape index (κ2) is 6.52. The molecule has 0 saturated heterocycles. The molecule has 1 rings (SSSR count). The third-order valence-corrected chi connectivity index (χ3v) is 4.63. The van der Waals surface area contributed by atoms with Crippen molar-refractivity contribution in [3.05, 3.63) is 34.9 Å². The zero-order chi connectivity index (χ0) is 18.2. The van der Waals surface area contributed by atoms with Crippen LogP contribution in [0.1, 0.15) is 50.4 Å². The van der Waals surface area contributed by atoms with E-state index in [2.05, 4.69) is 4.72 Å². The van der Waals surface area contributed by atoms with Crippen molar-refractivity contribution in [1.29, 1.82) is 0 Å². The van der Waals surface area contributed by atoms with E-state index in [4.69, 9.17) is 0 Å². The van der Waals surface area contributed by atoms with Gasteiger partial charge in [-0.1, -0.05) is 0 Å². The Morgan fingerprint density at radius 3 is 1.61 bits per heavy atom. The molecule has 1 N–H and O–H groups in total. The summed E-state index contributed by atoms with van der Waals surface area (Å²) in [6.07, 6.45) is -9.81. The molecule has 1 aromatic rings. The summed E-state index contributed by atoms with van der Waals surface area (Å²) < 4.78 is 90.6. The van der Waals surface area contributed by atoms with E-state index in [-0.39, 0.29) is 11.6 Å². The summed E-state index contributed by atoms with van der Waals surface area (Å²) in [7, 11) is 0. The van der Waals surface area contributed by atoms with Gasteiger partial charge in [0.05, 0.1) is 17.2 Å². The molecule has 0 aromatic heterocycles. The molecule has 0 heterocycles. The van der Waals surface area contributed by atoms with E-state index in [1.807, 2.05) is 0 Å². The molecule has 9 heteroatoms. The van der Waals surface area contributed by atoms with Crippen LogP contribution in [0.4, 0.5) is 26.3 Å². The summed E-state index contributed by atoms with van der Waals surface area (Å²) >= 11 is -1.64. The molecule has 0 aliphatic carbocycles. The zero-order valence-corrected chi connectivity index (χ0v) is 13.7. The Labute approximate surface area is 133 Å². The molecule has 0 aliphatic heterocycles. The highest BCUT2D eigenvalue weighted by molar-refractivity contribution is 7.90. The van der Waals surface area contributed by atoms with Crippen LogP contribution < -0.4 is 4.72 Å². The third kappa shape index (κ3) is 5.58. The number of hydrogen-bond acceptors (Lipinski definition) is 2. The lowest BCUT2D eigenvalue weighted by molar-refractivity contribution is -0.143. The second-order valence-electron chi connectivity index (χ2n) is 6.06. The van der Waals surface area contributed by atoms with E-state index in [0.717, 1.165) is 0 Å². The van der Waals surface area contributed by atoms with Crippen LogP contribution in [0, 0.1) is 0 Å². The van der Waals surface area contributed by atoms with E-state index in [9.17, 15) is 30.9 Å². The number of benzene rings is 1. The van der Waals surface area contributed by atoms with E-state index in [1.54, 1.807) is 20.8 Å². The Kier molecular flexibility index (Phi) is 5.71. The lowest BCUT2D eigenvalue weighted by atomic mass is 10.0. The standard InChI is InChI=1S/C14H17F6NOS/c1-8(21-23(22)12(2,3)4)9-5-10(13(15,16)17)7-11(6-9)14(18,19)20/h5-8,21H,1-4H3/t8-,23?/m0/s1. The van der Waals surface area contributed by atoms with Crippen molar-refractivity contribution < 1.29 is 30.9 Å². The summed E-state index contributed by atoms with van der Waals surface area (Å²) in [4.78, 5) is 0. The predicted octanol–water partition coefficient (Wildman–Crippen LogP) is 4.84. The quantitative estimate of drug-likeness (QED) is 0.618. The fourth-order valence-electron chi connectivity index (χ4n) is 1.63. The van der Waals surface area contributed by atoms with Crippen LogP contribution in [0.15, 0.2) is 18.2 Å². The van der Waals surface area contributed by atoms with Crippen LogP contribution >= 0.6 is 0 Å². The second-order valence-corrected chi connectivity index (χ2v) is 8.06. The first-order valence-corrected chi connectivity index (χ1v) is 7.75. The largest absolute Gasteiger partial charge is 0.598 e. The van der Waals surface area contributed by atoms with Crippen molar-refractivity contribution in [3.8, 4) is 0 Å². The molecular weight excluding hydrogens is 344 g/mol. The van der Waals surface area contributed by atoms with E-state index in [0.29, 0.717) is 12.1 Å². The third-order valence-electron chi connectivity index (χ3n) is 2.95. The Morgan fingerprint density at radius 2 is 1.30 bits per heavy atom. The number of halogens is 6. The lowest BCUT2D eigenvalue weighted by Crippen LogP contribution is -2.40. The predicted molar refractivity (Wildman–Crippen MR) is 75.9 cm³/mol. The molecule has 0 saturated carbocycles. The first-order valence-electron chi connectivity index (χ1n) is 6.60. The van der Waals surface area contributed by atoms with Gasteiger partial charge in [-0.3, -0.25) is 0 Å². The van der Waals surface area contributed by atoms with Crippen LogP contribution in [-0.4, -0.2) is 9.30 Å². The van der Waals surface area contributed by atoms with Crippen molar-refractivity contribution in [2.45, 2.75) is 50.8 Å². The molecule has 23 heavy (non-hydrogen) atoms. The molecule has 0 radical (unpaired) electrons. The Bertz CT molecular complexity index is 517. The van der Waals surface area contributed by atoms with Crippen LogP contribution in [0.5, 0.6) is 0 Å². The minimum absolute atomic E-state index is 0.0664. The normalized spacial score (nSPS) is 16.3. The molecule has 132 valence electrons. The van der Waals surface area contributed by atoms with Crippen molar-refractivity contribution >= 4 is 11.4 Å². The SMILES string of the molecule is C[C@H](N[S+]([O-])C(C)(C)C)c1cc(C(F)(F)F)cc(C(F)(F)F)c1. The highest BCUT2D eigenvalue weighted by Gasteiger charge is 2.38. The molecule has 0 amide bonds. The van der Waals surface area contributed by atoms with Crippen molar-refractivity contribution in [3.63, 3.8) is 0 Å². The first kappa shape index (κ1) is 20.1. The summed E-state index contributed by atoms with van der Waals surface area (Å²) in [5.74, 6) is 0. The van der Waals surface area contributed by atoms with Crippen LogP contribution in [0.3, 0.4) is 0 Å². The van der Waals surface area contributed by atoms with Crippen LogP contribution in [-0.2, 0) is 23.7 Å². The van der Waals surface area contributed by atoms with Crippen molar-refractivity contribution in [1.82, 2.24) is 4.72 Å². The molecular formula is C14H17F6NOS. The fourth-order valence-corrected chi connectivity index (χ4v) is 2.45. The highest BCUT2D eigenvalue weighted by Crippen LogP contribution is 2.37. The van der Waals surface area contributed by atoms with Gasteiger partial charge in [-0.25, -0.2) is 0 Å². The van der Waals surface area contributed by atoms with Gasteiger partial charge >= 0.3 is 12.4 Å². The van der Waals surface area contributed by atoms with Gasteiger partial charge in [0, 0.05) is 11.4 Å². The molecule has 0 fully saturated rings. The molecule has 0 spiro atoms. The monoisotopic (exact) mass is 361 g/mol. The Hall–Kier alpha value is -0.930. The van der Waals surface area contributed by atoms with Gasteiger partial charge in [0.25, 0.3) is 0 Å². The Morgan fingerprint density at radius 1 is 0.913 bits per heavy atom. The number of alkyl halides is 6. The fraction of sp³-hybridized carbons (Fsp3) is 0.571. The number of nitrogens with one attached hydrogen (secondary N) is 1. The van der Waals surface area contributed by atoms with Gasteiger partial charge < -0.3 is 4.55 Å². The zero-order valence-electron chi connectivity index (χ0n) is 12.9. The minimum atomic E-state index is -4.90. The maximum absolute atomic E-state index is 12.8. The lowest BCUT2D eigenvalue weighted by Gasteiger charge is -2.27. The minimum Gasteiger partial charge on any atom is -0.598 e. The summed E-state index contributed by atoms with van der Waals surface area (Å²) in [5.41, 5.74) is -3.01. The Balaban J connectivity index is 3.25. The van der Waals surface area contributed by atoms with Gasteiger partial charge in [0.2, 0.25) is 0 Å². The van der Waals surface area contributed by atoms with Gasteiger partial charge in [0.1, 0.15) is 4.75 Å². The van der Waals surface area contributed by atoms with Crippen molar-refractivity contribution in [2.24, 2.45) is 0 Å². The van der Waals surface area contributed by atoms with Gasteiger partial charge in [-0.15, -0.1) is 4.72 Å². The first-order chi connectivity index (χ1) is 10.1. The molecule has 0 bridgehead atoms. The van der Waals surface area contributed by atoms with Crippen molar-refractivity contribution in [2.75, 3.05) is 0 Å². The molecule has 2 atom stereocenters. The van der Waals surface area contributed by atoms with Crippen LogP contribution in [0.2, 0.25) is 0 Å². The average molecular weight is 361 g/mol. The summed E-state index contributed by atoms with van der Waals surface area (Å²) in [5, 5.41) is 0.